The van der Waals surface area contributed by atoms with Crippen molar-refractivity contribution in [2.24, 2.45) is 11.8 Å². The Labute approximate surface area is 118 Å². The second kappa shape index (κ2) is 4.77. The summed E-state index contributed by atoms with van der Waals surface area (Å²) < 4.78 is 12.7. The van der Waals surface area contributed by atoms with Crippen molar-refractivity contribution in [3.05, 3.63) is 0 Å². The molecule has 1 saturated heterocycles. The molecular formula is C16H29BO2. The first-order valence-electron chi connectivity index (χ1n) is 8.26. The molecule has 1 unspecified atom stereocenters. The maximum absolute atomic E-state index is 6.33. The molecule has 3 aliphatic rings. The van der Waals surface area contributed by atoms with E-state index >= 15 is 0 Å². The van der Waals surface area contributed by atoms with Crippen molar-refractivity contribution in [1.82, 2.24) is 0 Å². The minimum Gasteiger partial charge on any atom is -0.403 e. The lowest BCUT2D eigenvalue weighted by molar-refractivity contribution is 0.00578. The molecule has 2 aliphatic carbocycles. The van der Waals surface area contributed by atoms with Crippen molar-refractivity contribution >= 4 is 7.12 Å². The largest absolute Gasteiger partial charge is 0.461 e. The van der Waals surface area contributed by atoms with Gasteiger partial charge in [-0.2, -0.15) is 0 Å². The zero-order valence-electron chi connectivity index (χ0n) is 13.1. The molecule has 2 saturated carbocycles. The third kappa shape index (κ3) is 2.38. The summed E-state index contributed by atoms with van der Waals surface area (Å²) in [6, 6.07) is 0. The summed E-state index contributed by atoms with van der Waals surface area (Å²) in [5.74, 6) is 2.45. The van der Waals surface area contributed by atoms with E-state index in [1.807, 2.05) is 0 Å². The van der Waals surface area contributed by atoms with Crippen LogP contribution in [0.1, 0.15) is 72.6 Å². The molecule has 3 atom stereocenters. The summed E-state index contributed by atoms with van der Waals surface area (Å²) in [6.07, 6.45) is 9.82. The van der Waals surface area contributed by atoms with Crippen LogP contribution < -0.4 is 0 Å². The Kier molecular flexibility index (Phi) is 3.50. The van der Waals surface area contributed by atoms with Crippen molar-refractivity contribution in [3.63, 3.8) is 0 Å². The van der Waals surface area contributed by atoms with Gasteiger partial charge >= 0.3 is 7.12 Å². The van der Waals surface area contributed by atoms with Crippen LogP contribution in [0.3, 0.4) is 0 Å². The van der Waals surface area contributed by atoms with E-state index in [9.17, 15) is 0 Å². The van der Waals surface area contributed by atoms with Crippen molar-refractivity contribution in [2.45, 2.75) is 89.7 Å². The van der Waals surface area contributed by atoms with Crippen molar-refractivity contribution < 1.29 is 9.31 Å². The Balaban J connectivity index is 1.75. The highest BCUT2D eigenvalue weighted by Gasteiger charge is 2.56. The Morgan fingerprint density at radius 1 is 0.789 bits per heavy atom. The molecule has 1 aliphatic heterocycles. The fraction of sp³-hybridized carbons (Fsp3) is 1.00. The predicted molar refractivity (Wildman–Crippen MR) is 79.1 cm³/mol. The van der Waals surface area contributed by atoms with Gasteiger partial charge in [-0.05, 0) is 45.3 Å². The van der Waals surface area contributed by atoms with Gasteiger partial charge in [-0.1, -0.05) is 44.9 Å². The summed E-state index contributed by atoms with van der Waals surface area (Å²) in [6.45, 7) is 8.70. The molecule has 0 N–H and O–H groups in total. The summed E-state index contributed by atoms with van der Waals surface area (Å²) in [5, 5.41) is 0. The van der Waals surface area contributed by atoms with Crippen molar-refractivity contribution in [2.75, 3.05) is 0 Å². The number of hydrogen-bond acceptors (Lipinski definition) is 2. The molecule has 0 amide bonds. The van der Waals surface area contributed by atoms with E-state index in [0.717, 1.165) is 11.8 Å². The standard InChI is InChI=1S/C16H29BO2/c1-15(2)16(3,4)19-17(18-15)14-11-7-9-12-8-5-6-10-13(12)14/h12-14H,5-11H2,1-4H3/t12-,13+,14?/m0/s1. The minimum atomic E-state index is -0.167. The van der Waals surface area contributed by atoms with Gasteiger partial charge in [0.2, 0.25) is 0 Å². The van der Waals surface area contributed by atoms with Crippen LogP contribution in [-0.4, -0.2) is 18.3 Å². The first-order valence-corrected chi connectivity index (χ1v) is 8.26. The molecule has 3 fully saturated rings. The molecule has 3 rings (SSSR count). The molecule has 0 aromatic carbocycles. The molecule has 108 valence electrons. The van der Waals surface area contributed by atoms with Crippen LogP contribution in [-0.2, 0) is 9.31 Å². The van der Waals surface area contributed by atoms with Crippen LogP contribution in [0.15, 0.2) is 0 Å². The van der Waals surface area contributed by atoms with Crippen LogP contribution in [0.4, 0.5) is 0 Å². The molecule has 0 aromatic rings. The fourth-order valence-electron chi connectivity index (χ4n) is 4.39. The van der Waals surface area contributed by atoms with Crippen LogP contribution in [0, 0.1) is 11.8 Å². The van der Waals surface area contributed by atoms with E-state index in [2.05, 4.69) is 27.7 Å². The highest BCUT2D eigenvalue weighted by atomic mass is 16.7. The minimum absolute atomic E-state index is 0.0379. The van der Waals surface area contributed by atoms with Crippen LogP contribution in [0.2, 0.25) is 5.82 Å². The molecule has 0 aromatic heterocycles. The molecule has 19 heavy (non-hydrogen) atoms. The molecule has 2 nitrogen and oxygen atoms in total. The van der Waals surface area contributed by atoms with Gasteiger partial charge in [-0.15, -0.1) is 0 Å². The summed E-state index contributed by atoms with van der Waals surface area (Å²) >= 11 is 0. The smallest absolute Gasteiger partial charge is 0.403 e. The predicted octanol–water partition coefficient (Wildman–Crippen LogP) is 4.44. The van der Waals surface area contributed by atoms with Gasteiger partial charge in [-0.3, -0.25) is 0 Å². The van der Waals surface area contributed by atoms with E-state index < -0.39 is 0 Å². The highest BCUT2D eigenvalue weighted by molar-refractivity contribution is 6.47. The van der Waals surface area contributed by atoms with Gasteiger partial charge in [0.1, 0.15) is 0 Å². The lowest BCUT2D eigenvalue weighted by Crippen LogP contribution is -2.41. The number of hydrogen-bond donors (Lipinski definition) is 0. The Bertz CT molecular complexity index is 322. The normalized spacial score (nSPS) is 41.1. The average Bonchev–Trinajstić information content (AvgIpc) is 2.58. The fourth-order valence-corrected chi connectivity index (χ4v) is 4.39. The van der Waals surface area contributed by atoms with Gasteiger partial charge in [0.25, 0.3) is 0 Å². The van der Waals surface area contributed by atoms with Crippen molar-refractivity contribution in [3.8, 4) is 0 Å². The zero-order chi connectivity index (χ0) is 13.7. The van der Waals surface area contributed by atoms with Gasteiger partial charge in [0.15, 0.2) is 0 Å². The maximum Gasteiger partial charge on any atom is 0.461 e. The first kappa shape index (κ1) is 13.9. The molecule has 0 spiro atoms. The third-order valence-corrected chi connectivity index (χ3v) is 6.25. The lowest BCUT2D eigenvalue weighted by atomic mass is 9.53. The van der Waals surface area contributed by atoms with Gasteiger partial charge < -0.3 is 9.31 Å². The summed E-state index contributed by atoms with van der Waals surface area (Å²) in [4.78, 5) is 0. The van der Waals surface area contributed by atoms with Crippen LogP contribution in [0.25, 0.3) is 0 Å². The average molecular weight is 264 g/mol. The molecule has 3 heteroatoms. The monoisotopic (exact) mass is 264 g/mol. The van der Waals surface area contributed by atoms with Gasteiger partial charge in [-0.25, -0.2) is 0 Å². The van der Waals surface area contributed by atoms with E-state index in [1.165, 1.54) is 44.9 Å². The Hall–Kier alpha value is -0.0151. The van der Waals surface area contributed by atoms with Crippen LogP contribution in [0.5, 0.6) is 0 Å². The zero-order valence-corrected chi connectivity index (χ0v) is 13.1. The Morgan fingerprint density at radius 3 is 2.05 bits per heavy atom. The number of fused-ring (bicyclic) bond motifs is 1. The maximum atomic E-state index is 6.33. The molecule has 0 radical (unpaired) electrons. The second-order valence-corrected chi connectivity index (χ2v) is 7.93. The van der Waals surface area contributed by atoms with Crippen molar-refractivity contribution in [1.29, 1.82) is 0 Å². The van der Waals surface area contributed by atoms with E-state index in [0.29, 0.717) is 5.82 Å². The van der Waals surface area contributed by atoms with Gasteiger partial charge in [0, 0.05) is 0 Å². The quantitative estimate of drug-likeness (QED) is 0.652. The molecule has 0 bridgehead atoms. The van der Waals surface area contributed by atoms with Gasteiger partial charge in [0.05, 0.1) is 11.2 Å². The SMILES string of the molecule is CC1(C)OB(C2CCC[C@@H]3CCCC[C@@H]23)OC1(C)C. The van der Waals surface area contributed by atoms with Crippen LogP contribution >= 0.6 is 0 Å². The van der Waals surface area contributed by atoms with E-state index in [4.69, 9.17) is 9.31 Å². The Morgan fingerprint density at radius 2 is 1.37 bits per heavy atom. The molecule has 1 heterocycles. The first-order chi connectivity index (χ1) is 8.91. The third-order valence-electron chi connectivity index (χ3n) is 6.25. The molecular weight excluding hydrogens is 235 g/mol. The van der Waals surface area contributed by atoms with E-state index in [-0.39, 0.29) is 18.3 Å². The highest BCUT2D eigenvalue weighted by Crippen LogP contribution is 2.51. The topological polar surface area (TPSA) is 18.5 Å². The summed E-state index contributed by atoms with van der Waals surface area (Å²) in [7, 11) is 0.0379. The lowest BCUT2D eigenvalue weighted by Gasteiger charge is -2.42. The second-order valence-electron chi connectivity index (χ2n) is 7.93. The number of rotatable bonds is 1. The van der Waals surface area contributed by atoms with E-state index in [1.54, 1.807) is 0 Å². The summed E-state index contributed by atoms with van der Waals surface area (Å²) in [5.41, 5.74) is -0.335.